The standard InChI is InChI=1S/C19H24N4OS/c1-14-5-4-6-15(2)18(14)21-19(25)22-20-13-16-7-9-17(10-8-16)23(3)11-12-24/h4-10,13,24H,11-12H2,1-3H3,(H2,21,22,25)/b20-13-. The van der Waals surface area contributed by atoms with Crippen molar-refractivity contribution >= 4 is 34.9 Å². The van der Waals surface area contributed by atoms with Crippen molar-refractivity contribution in [2.75, 3.05) is 30.4 Å². The van der Waals surface area contributed by atoms with Gasteiger partial charge in [-0.25, -0.2) is 0 Å². The van der Waals surface area contributed by atoms with Crippen molar-refractivity contribution in [3.05, 3.63) is 59.2 Å². The number of nitrogens with one attached hydrogen (secondary N) is 2. The van der Waals surface area contributed by atoms with E-state index in [0.29, 0.717) is 11.7 Å². The third-order valence-electron chi connectivity index (χ3n) is 3.87. The van der Waals surface area contributed by atoms with Crippen LogP contribution < -0.4 is 15.6 Å². The van der Waals surface area contributed by atoms with Crippen molar-refractivity contribution in [3.8, 4) is 0 Å². The number of thiocarbonyl (C=S) groups is 1. The molecule has 3 N–H and O–H groups in total. The Labute approximate surface area is 154 Å². The number of benzene rings is 2. The Morgan fingerprint density at radius 2 is 1.80 bits per heavy atom. The van der Waals surface area contributed by atoms with E-state index in [1.807, 2.05) is 68.3 Å². The molecule has 0 saturated carbocycles. The Hall–Kier alpha value is -2.44. The molecule has 0 radical (unpaired) electrons. The predicted octanol–water partition coefficient (Wildman–Crippen LogP) is 3.05. The molecule has 0 atom stereocenters. The molecule has 0 aromatic heterocycles. The van der Waals surface area contributed by atoms with Gasteiger partial charge in [0.2, 0.25) is 0 Å². The summed E-state index contributed by atoms with van der Waals surface area (Å²) in [4.78, 5) is 1.99. The Morgan fingerprint density at radius 3 is 2.40 bits per heavy atom. The van der Waals surface area contributed by atoms with Gasteiger partial charge in [0.15, 0.2) is 5.11 Å². The van der Waals surface area contributed by atoms with E-state index in [9.17, 15) is 0 Å². The lowest BCUT2D eigenvalue weighted by atomic mass is 10.1. The average molecular weight is 356 g/mol. The largest absolute Gasteiger partial charge is 0.395 e. The zero-order valence-corrected chi connectivity index (χ0v) is 15.6. The second-order valence-corrected chi connectivity index (χ2v) is 6.24. The van der Waals surface area contributed by atoms with Gasteiger partial charge in [0.05, 0.1) is 12.8 Å². The van der Waals surface area contributed by atoms with Crippen LogP contribution >= 0.6 is 12.2 Å². The molecule has 6 heteroatoms. The molecule has 0 saturated heterocycles. The Balaban J connectivity index is 1.91. The van der Waals surface area contributed by atoms with Crippen LogP contribution in [-0.2, 0) is 0 Å². The highest BCUT2D eigenvalue weighted by molar-refractivity contribution is 7.80. The molecule has 0 fully saturated rings. The van der Waals surface area contributed by atoms with Crippen LogP contribution in [0.2, 0.25) is 0 Å². The molecule has 0 heterocycles. The molecule has 0 spiro atoms. The number of hydrogen-bond donors (Lipinski definition) is 3. The van der Waals surface area contributed by atoms with E-state index in [2.05, 4.69) is 15.8 Å². The molecule has 2 aromatic carbocycles. The van der Waals surface area contributed by atoms with Gasteiger partial charge in [0, 0.05) is 25.0 Å². The van der Waals surface area contributed by atoms with Crippen molar-refractivity contribution in [2.24, 2.45) is 5.10 Å². The zero-order chi connectivity index (χ0) is 18.2. The van der Waals surface area contributed by atoms with E-state index in [-0.39, 0.29) is 6.61 Å². The summed E-state index contributed by atoms with van der Waals surface area (Å²) in [5.74, 6) is 0. The first kappa shape index (κ1) is 18.9. The normalized spacial score (nSPS) is 10.7. The van der Waals surface area contributed by atoms with E-state index < -0.39 is 0 Å². The third-order valence-corrected chi connectivity index (χ3v) is 4.06. The number of aryl methyl sites for hydroxylation is 2. The van der Waals surface area contributed by atoms with Gasteiger partial charge in [-0.1, -0.05) is 30.3 Å². The number of rotatable bonds is 6. The summed E-state index contributed by atoms with van der Waals surface area (Å²) in [6.45, 7) is 4.81. The first-order valence-corrected chi connectivity index (χ1v) is 8.50. The third kappa shape index (κ3) is 5.55. The van der Waals surface area contributed by atoms with E-state index in [4.69, 9.17) is 17.3 Å². The highest BCUT2D eigenvalue weighted by Gasteiger charge is 2.03. The Bertz CT molecular complexity index is 723. The molecule has 0 unspecified atom stereocenters. The second kappa shape index (κ2) is 9.15. The first-order chi connectivity index (χ1) is 12.0. The fourth-order valence-electron chi connectivity index (χ4n) is 2.41. The van der Waals surface area contributed by atoms with Crippen LogP contribution in [0, 0.1) is 13.8 Å². The van der Waals surface area contributed by atoms with Gasteiger partial charge in [-0.15, -0.1) is 0 Å². The number of aliphatic hydroxyl groups excluding tert-OH is 1. The van der Waals surface area contributed by atoms with Gasteiger partial charge in [-0.05, 0) is 54.9 Å². The lowest BCUT2D eigenvalue weighted by Gasteiger charge is -2.17. The Morgan fingerprint density at radius 1 is 1.16 bits per heavy atom. The fraction of sp³-hybridized carbons (Fsp3) is 0.263. The predicted molar refractivity (Wildman–Crippen MR) is 110 cm³/mol. The summed E-state index contributed by atoms with van der Waals surface area (Å²) in [6.07, 6.45) is 1.72. The summed E-state index contributed by atoms with van der Waals surface area (Å²) < 4.78 is 0. The lowest BCUT2D eigenvalue weighted by molar-refractivity contribution is 0.304. The number of hydrogen-bond acceptors (Lipinski definition) is 4. The summed E-state index contributed by atoms with van der Waals surface area (Å²) in [7, 11) is 1.94. The van der Waals surface area contributed by atoms with E-state index in [0.717, 1.165) is 28.1 Å². The van der Waals surface area contributed by atoms with Crippen LogP contribution in [-0.4, -0.2) is 36.6 Å². The van der Waals surface area contributed by atoms with Crippen molar-refractivity contribution in [2.45, 2.75) is 13.8 Å². The maximum atomic E-state index is 8.97. The number of aliphatic hydroxyl groups is 1. The highest BCUT2D eigenvalue weighted by atomic mass is 32.1. The van der Waals surface area contributed by atoms with Gasteiger partial charge < -0.3 is 15.3 Å². The fourth-order valence-corrected chi connectivity index (χ4v) is 2.57. The molecule has 2 rings (SSSR count). The molecular formula is C19H24N4OS. The van der Waals surface area contributed by atoms with Crippen LogP contribution in [0.3, 0.4) is 0 Å². The van der Waals surface area contributed by atoms with E-state index in [1.165, 1.54) is 0 Å². The molecule has 2 aromatic rings. The summed E-state index contributed by atoms with van der Waals surface area (Å²) in [6, 6.07) is 14.0. The van der Waals surface area contributed by atoms with Gasteiger partial charge in [-0.2, -0.15) is 5.10 Å². The maximum Gasteiger partial charge on any atom is 0.191 e. The molecule has 5 nitrogen and oxygen atoms in total. The summed E-state index contributed by atoms with van der Waals surface area (Å²) in [5, 5.41) is 16.8. The van der Waals surface area contributed by atoms with Crippen molar-refractivity contribution < 1.29 is 5.11 Å². The number of likely N-dealkylation sites (N-methyl/N-ethyl adjacent to an activating group) is 1. The average Bonchev–Trinajstić information content (AvgIpc) is 2.59. The molecule has 0 amide bonds. The molecule has 0 aliphatic carbocycles. The first-order valence-electron chi connectivity index (χ1n) is 8.09. The van der Waals surface area contributed by atoms with Gasteiger partial charge in [-0.3, -0.25) is 5.43 Å². The Kier molecular flexibility index (Phi) is 6.91. The van der Waals surface area contributed by atoms with Gasteiger partial charge in [0.25, 0.3) is 0 Å². The zero-order valence-electron chi connectivity index (χ0n) is 14.8. The summed E-state index contributed by atoms with van der Waals surface area (Å²) in [5.41, 5.74) is 8.12. The van der Waals surface area contributed by atoms with Crippen LogP contribution in [0.5, 0.6) is 0 Å². The number of hydrazone groups is 1. The smallest absolute Gasteiger partial charge is 0.191 e. The molecule has 0 aliphatic heterocycles. The van der Waals surface area contributed by atoms with Crippen molar-refractivity contribution in [3.63, 3.8) is 0 Å². The van der Waals surface area contributed by atoms with Crippen LogP contribution in [0.1, 0.15) is 16.7 Å². The van der Waals surface area contributed by atoms with E-state index in [1.54, 1.807) is 6.21 Å². The minimum Gasteiger partial charge on any atom is -0.395 e. The van der Waals surface area contributed by atoms with Crippen molar-refractivity contribution in [1.82, 2.24) is 5.43 Å². The van der Waals surface area contributed by atoms with Crippen LogP contribution in [0.15, 0.2) is 47.6 Å². The minimum absolute atomic E-state index is 0.133. The number of para-hydroxylation sites is 1. The molecule has 25 heavy (non-hydrogen) atoms. The summed E-state index contributed by atoms with van der Waals surface area (Å²) >= 11 is 5.29. The minimum atomic E-state index is 0.133. The second-order valence-electron chi connectivity index (χ2n) is 5.83. The molecular weight excluding hydrogens is 332 g/mol. The molecule has 132 valence electrons. The highest BCUT2D eigenvalue weighted by Crippen LogP contribution is 2.19. The van der Waals surface area contributed by atoms with Crippen LogP contribution in [0.4, 0.5) is 11.4 Å². The van der Waals surface area contributed by atoms with Gasteiger partial charge in [0.1, 0.15) is 0 Å². The van der Waals surface area contributed by atoms with Crippen molar-refractivity contribution in [1.29, 1.82) is 0 Å². The van der Waals surface area contributed by atoms with Crippen LogP contribution in [0.25, 0.3) is 0 Å². The lowest BCUT2D eigenvalue weighted by Crippen LogP contribution is -2.24. The maximum absolute atomic E-state index is 8.97. The van der Waals surface area contributed by atoms with Gasteiger partial charge >= 0.3 is 0 Å². The van der Waals surface area contributed by atoms with E-state index >= 15 is 0 Å². The topological polar surface area (TPSA) is 59.9 Å². The monoisotopic (exact) mass is 356 g/mol. The molecule has 0 bridgehead atoms. The number of anilines is 2. The molecule has 0 aliphatic rings. The quantitative estimate of drug-likeness (QED) is 0.422. The SMILES string of the molecule is Cc1cccc(C)c1NC(=S)N/N=C\c1ccc(N(C)CCO)cc1. The number of nitrogens with zero attached hydrogens (tertiary/aromatic N) is 2.